The minimum absolute atomic E-state index is 0.226. The van der Waals surface area contributed by atoms with Gasteiger partial charge < -0.3 is 5.32 Å². The highest BCUT2D eigenvalue weighted by molar-refractivity contribution is 7.99. The average Bonchev–Trinajstić information content (AvgIpc) is 2.70. The zero-order valence-electron chi connectivity index (χ0n) is 12.1. The van der Waals surface area contributed by atoms with E-state index >= 15 is 0 Å². The molecule has 1 aromatic carbocycles. The molecule has 0 saturated heterocycles. The quantitative estimate of drug-likeness (QED) is 0.803. The third kappa shape index (κ3) is 4.70. The van der Waals surface area contributed by atoms with E-state index in [1.54, 1.807) is 0 Å². The summed E-state index contributed by atoms with van der Waals surface area (Å²) in [5, 5.41) is 3.77. The molecule has 2 unspecified atom stereocenters. The highest BCUT2D eigenvalue weighted by atomic mass is 35.5. The molecule has 19 heavy (non-hydrogen) atoms. The minimum Gasteiger partial charge on any atom is -0.315 e. The van der Waals surface area contributed by atoms with Crippen molar-refractivity contribution in [1.29, 1.82) is 0 Å². The molecule has 0 spiro atoms. The molecule has 106 valence electrons. The Kier molecular flexibility index (Phi) is 5.22. The second-order valence-corrected chi connectivity index (χ2v) is 8.25. The topological polar surface area (TPSA) is 12.0 Å². The van der Waals surface area contributed by atoms with E-state index in [-0.39, 0.29) is 5.38 Å². The molecule has 0 aliphatic carbocycles. The molecule has 2 atom stereocenters. The number of hydrogen-bond donors (Lipinski definition) is 1. The van der Waals surface area contributed by atoms with Crippen LogP contribution >= 0.6 is 23.4 Å². The first-order valence-electron chi connectivity index (χ1n) is 7.02. The maximum Gasteiger partial charge on any atom is 0.0465 e. The molecular formula is C16H24ClNS. The highest BCUT2D eigenvalue weighted by Gasteiger charge is 2.23. The molecular weight excluding hydrogens is 274 g/mol. The smallest absolute Gasteiger partial charge is 0.0465 e. The number of fused-ring (bicyclic) bond motifs is 1. The maximum atomic E-state index is 6.38. The van der Waals surface area contributed by atoms with Crippen molar-refractivity contribution in [3.05, 3.63) is 29.8 Å². The summed E-state index contributed by atoms with van der Waals surface area (Å²) in [6, 6.07) is 8.75. The first-order chi connectivity index (χ1) is 8.96. The predicted octanol–water partition coefficient (Wildman–Crippen LogP) is 4.51. The van der Waals surface area contributed by atoms with Crippen molar-refractivity contribution >= 4 is 23.4 Å². The van der Waals surface area contributed by atoms with Crippen LogP contribution in [0.4, 0.5) is 0 Å². The molecule has 0 saturated carbocycles. The van der Waals surface area contributed by atoms with Gasteiger partial charge in [0, 0.05) is 35.0 Å². The van der Waals surface area contributed by atoms with E-state index in [1.165, 1.54) is 16.2 Å². The molecule has 0 amide bonds. The van der Waals surface area contributed by atoms with E-state index in [1.807, 2.05) is 11.8 Å². The zero-order chi connectivity index (χ0) is 13.9. The van der Waals surface area contributed by atoms with Crippen molar-refractivity contribution in [2.24, 2.45) is 5.41 Å². The molecule has 0 fully saturated rings. The monoisotopic (exact) mass is 297 g/mol. The van der Waals surface area contributed by atoms with Gasteiger partial charge in [0.15, 0.2) is 0 Å². The molecule has 1 N–H and O–H groups in total. The van der Waals surface area contributed by atoms with E-state index in [2.05, 4.69) is 50.4 Å². The van der Waals surface area contributed by atoms with Gasteiger partial charge in [0.2, 0.25) is 0 Å². The van der Waals surface area contributed by atoms with E-state index in [0.29, 0.717) is 11.3 Å². The molecule has 0 aromatic heterocycles. The Balaban J connectivity index is 1.76. The Hall–Kier alpha value is -0.180. The summed E-state index contributed by atoms with van der Waals surface area (Å²) in [5.74, 6) is 1.83. The molecule has 0 bridgehead atoms. The zero-order valence-corrected chi connectivity index (χ0v) is 13.7. The van der Waals surface area contributed by atoms with Crippen LogP contribution in [0.15, 0.2) is 29.2 Å². The molecule has 0 radical (unpaired) electrons. The molecule has 1 nitrogen and oxygen atoms in total. The summed E-state index contributed by atoms with van der Waals surface area (Å²) in [5.41, 5.74) is 1.81. The summed E-state index contributed by atoms with van der Waals surface area (Å²) in [6.07, 6.45) is 1.05. The van der Waals surface area contributed by atoms with Crippen molar-refractivity contribution in [3.8, 4) is 0 Å². The standard InChI is InChI=1S/C16H24ClNS/c1-16(2,3)8-13(17)10-18-9-12-11-19-15-7-5-4-6-14(12)15/h4-7,12-13,18H,8-11H2,1-3H3. The van der Waals surface area contributed by atoms with E-state index in [4.69, 9.17) is 11.6 Å². The first kappa shape index (κ1) is 15.2. The van der Waals surface area contributed by atoms with Crippen molar-refractivity contribution in [2.75, 3.05) is 18.8 Å². The normalized spacial score (nSPS) is 20.3. The summed E-state index contributed by atoms with van der Waals surface area (Å²) < 4.78 is 0. The largest absolute Gasteiger partial charge is 0.315 e. The van der Waals surface area contributed by atoms with Gasteiger partial charge in [-0.2, -0.15) is 0 Å². The van der Waals surface area contributed by atoms with Crippen molar-refractivity contribution in [3.63, 3.8) is 0 Å². The van der Waals surface area contributed by atoms with Crippen LogP contribution in [-0.4, -0.2) is 24.2 Å². The van der Waals surface area contributed by atoms with Gasteiger partial charge in [0.1, 0.15) is 0 Å². The Morgan fingerprint density at radius 1 is 1.37 bits per heavy atom. The van der Waals surface area contributed by atoms with Gasteiger partial charge >= 0.3 is 0 Å². The number of alkyl halides is 1. The molecule has 1 aromatic rings. The Morgan fingerprint density at radius 2 is 2.11 bits per heavy atom. The number of thioether (sulfide) groups is 1. The van der Waals surface area contributed by atoms with Crippen LogP contribution in [0.3, 0.4) is 0 Å². The molecule has 1 aliphatic rings. The van der Waals surface area contributed by atoms with Crippen LogP contribution in [0.5, 0.6) is 0 Å². The second-order valence-electron chi connectivity index (χ2n) is 6.57. The summed E-state index contributed by atoms with van der Waals surface area (Å²) in [4.78, 5) is 1.45. The third-order valence-corrected chi connectivity index (χ3v) is 4.95. The number of nitrogens with one attached hydrogen (secondary N) is 1. The lowest BCUT2D eigenvalue weighted by atomic mass is 9.90. The minimum atomic E-state index is 0.226. The van der Waals surface area contributed by atoms with Crippen molar-refractivity contribution in [2.45, 2.75) is 43.4 Å². The number of rotatable bonds is 5. The summed E-state index contributed by atoms with van der Waals surface area (Å²) >= 11 is 8.36. The number of benzene rings is 1. The average molecular weight is 298 g/mol. The first-order valence-corrected chi connectivity index (χ1v) is 8.44. The SMILES string of the molecule is CC(C)(C)CC(Cl)CNCC1CSc2ccccc21. The van der Waals surface area contributed by atoms with Gasteiger partial charge in [-0.1, -0.05) is 39.0 Å². The number of halogens is 1. The predicted molar refractivity (Wildman–Crippen MR) is 86.5 cm³/mol. The summed E-state index contributed by atoms with van der Waals surface area (Å²) in [7, 11) is 0. The Bertz CT molecular complexity index is 413. The van der Waals surface area contributed by atoms with Crippen LogP contribution in [0.25, 0.3) is 0 Å². The van der Waals surface area contributed by atoms with E-state index in [9.17, 15) is 0 Å². The molecule has 2 rings (SSSR count). The van der Waals surface area contributed by atoms with Crippen LogP contribution in [0.2, 0.25) is 0 Å². The lowest BCUT2D eigenvalue weighted by Gasteiger charge is -2.22. The van der Waals surface area contributed by atoms with Crippen molar-refractivity contribution in [1.82, 2.24) is 5.32 Å². The highest BCUT2D eigenvalue weighted by Crippen LogP contribution is 2.38. The maximum absolute atomic E-state index is 6.38. The van der Waals surface area contributed by atoms with Crippen LogP contribution in [0, 0.1) is 5.41 Å². The second kappa shape index (κ2) is 6.51. The van der Waals surface area contributed by atoms with Gasteiger partial charge in [-0.3, -0.25) is 0 Å². The molecule has 1 heterocycles. The Morgan fingerprint density at radius 3 is 2.84 bits per heavy atom. The Labute approximate surface area is 126 Å². The van der Waals surface area contributed by atoms with Crippen molar-refractivity contribution < 1.29 is 0 Å². The molecule has 1 aliphatic heterocycles. The fourth-order valence-electron chi connectivity index (χ4n) is 2.55. The lowest BCUT2D eigenvalue weighted by Crippen LogP contribution is -2.30. The van der Waals surface area contributed by atoms with E-state index < -0.39 is 0 Å². The fourth-order valence-corrected chi connectivity index (χ4v) is 4.38. The number of hydrogen-bond acceptors (Lipinski definition) is 2. The summed E-state index contributed by atoms with van der Waals surface area (Å²) in [6.45, 7) is 8.67. The van der Waals surface area contributed by atoms with Crippen LogP contribution in [-0.2, 0) is 0 Å². The van der Waals surface area contributed by atoms with Gasteiger partial charge in [-0.15, -0.1) is 23.4 Å². The van der Waals surface area contributed by atoms with Gasteiger partial charge in [-0.05, 0) is 23.5 Å². The fraction of sp³-hybridized carbons (Fsp3) is 0.625. The van der Waals surface area contributed by atoms with Gasteiger partial charge in [0.05, 0.1) is 0 Å². The molecule has 3 heteroatoms. The van der Waals surface area contributed by atoms with E-state index in [0.717, 1.165) is 19.5 Å². The van der Waals surface area contributed by atoms with Crippen LogP contribution < -0.4 is 5.32 Å². The van der Waals surface area contributed by atoms with Crippen LogP contribution in [0.1, 0.15) is 38.7 Å². The van der Waals surface area contributed by atoms with Gasteiger partial charge in [-0.25, -0.2) is 0 Å². The third-order valence-electron chi connectivity index (χ3n) is 3.39. The lowest BCUT2D eigenvalue weighted by molar-refractivity contribution is 0.364. The van der Waals surface area contributed by atoms with Gasteiger partial charge in [0.25, 0.3) is 0 Å².